The van der Waals surface area contributed by atoms with Gasteiger partial charge in [-0.25, -0.2) is 4.79 Å². The van der Waals surface area contributed by atoms with Gasteiger partial charge in [-0.15, -0.1) is 0 Å². The number of aromatic hydroxyl groups is 1. The molecule has 2 N–H and O–H groups in total. The van der Waals surface area contributed by atoms with E-state index in [9.17, 15) is 9.90 Å². The number of amides is 1. The molecule has 0 saturated carbocycles. The Morgan fingerprint density at radius 2 is 1.91 bits per heavy atom. The molecule has 1 amide bonds. The molecule has 2 aromatic carbocycles. The normalized spacial score (nSPS) is 19.8. The van der Waals surface area contributed by atoms with Crippen LogP contribution in [0.25, 0.3) is 0 Å². The number of hydrogen-bond donors (Lipinski definition) is 2. The Kier molecular flexibility index (Phi) is 5.93. The highest BCUT2D eigenvalue weighted by Crippen LogP contribution is 2.35. The van der Waals surface area contributed by atoms with Gasteiger partial charge in [0.15, 0.2) is 12.0 Å². The molecule has 2 heterocycles. The number of carbonyl (C=O) groups is 1. The van der Waals surface area contributed by atoms with Gasteiger partial charge in [0.2, 0.25) is 0 Å². The van der Waals surface area contributed by atoms with Crippen molar-refractivity contribution in [2.75, 3.05) is 4.90 Å². The second-order valence-corrected chi connectivity index (χ2v) is 8.49. The van der Waals surface area contributed by atoms with Gasteiger partial charge in [-0.3, -0.25) is 20.2 Å². The summed E-state index contributed by atoms with van der Waals surface area (Å²) in [5, 5.41) is 13.7. The molecule has 0 bridgehead atoms. The van der Waals surface area contributed by atoms with Crippen LogP contribution in [0.4, 0.5) is 10.5 Å². The first-order valence-corrected chi connectivity index (χ1v) is 10.8. The highest BCUT2D eigenvalue weighted by atomic mass is 35.5. The lowest BCUT2D eigenvalue weighted by molar-refractivity contribution is 0.114. The number of rotatable bonds is 3. The van der Waals surface area contributed by atoms with Gasteiger partial charge in [0.05, 0.1) is 23.5 Å². The molecule has 2 aliphatic rings. The summed E-state index contributed by atoms with van der Waals surface area (Å²) in [6, 6.07) is 12.3. The number of benzene rings is 2. The van der Waals surface area contributed by atoms with E-state index in [4.69, 9.17) is 26.3 Å². The van der Waals surface area contributed by atoms with Gasteiger partial charge >= 0.3 is 6.09 Å². The van der Waals surface area contributed by atoms with E-state index in [2.05, 4.69) is 5.32 Å². The first kappa shape index (κ1) is 21.9. The lowest BCUT2D eigenvalue weighted by atomic mass is 9.99. The Balaban J connectivity index is 1.93. The maximum absolute atomic E-state index is 12.5. The summed E-state index contributed by atoms with van der Waals surface area (Å²) in [7, 11) is 0. The fourth-order valence-electron chi connectivity index (χ4n) is 3.87. The minimum atomic E-state index is -0.799. The molecule has 0 spiro atoms. The number of anilines is 1. The summed E-state index contributed by atoms with van der Waals surface area (Å²) in [5.74, 6) is 0.690. The van der Waals surface area contributed by atoms with Crippen LogP contribution in [0.1, 0.15) is 38.8 Å². The van der Waals surface area contributed by atoms with E-state index >= 15 is 0 Å². The summed E-state index contributed by atoms with van der Waals surface area (Å²) in [6.07, 6.45) is 0.379. The second kappa shape index (κ2) is 8.67. The van der Waals surface area contributed by atoms with Crippen LogP contribution in [-0.4, -0.2) is 41.1 Å². The monoisotopic (exact) mass is 452 g/mol. The number of carbonyl (C=O) groups excluding carboxylic acids is 1. The maximum Gasteiger partial charge on any atom is 0.409 e. The molecule has 166 valence electrons. The van der Waals surface area contributed by atoms with E-state index in [1.807, 2.05) is 43.0 Å². The molecule has 0 saturated heterocycles. The maximum atomic E-state index is 12.5. The van der Waals surface area contributed by atoms with Crippen molar-refractivity contribution in [2.45, 2.75) is 46.0 Å². The molecular formula is C24H25ClN4O3. The van der Waals surface area contributed by atoms with Crippen molar-refractivity contribution in [3.8, 4) is 5.75 Å². The Bertz CT molecular complexity index is 1140. The molecule has 2 unspecified atom stereocenters. The molecule has 0 radical (unpaired) electrons. The predicted octanol–water partition coefficient (Wildman–Crippen LogP) is 4.87. The largest absolute Gasteiger partial charge is 0.508 e. The fraction of sp³-hybridized carbons (Fsp3) is 0.292. The summed E-state index contributed by atoms with van der Waals surface area (Å²) in [4.78, 5) is 24.2. The standard InChI is InChI=1S/C24H25ClN4O3/c1-13(2)32-24(31)28-22-23-26-14(3)11-15(4)29(23)20-10-9-18(30)12-19(20)21(27-22)16-5-7-17(25)8-6-16/h5-14,22,30H,1-4H3,(H,28,31). The number of allylic oxidation sites excluding steroid dienone is 1. The molecule has 0 aromatic heterocycles. The second-order valence-electron chi connectivity index (χ2n) is 8.06. The van der Waals surface area contributed by atoms with Gasteiger partial charge in [-0.1, -0.05) is 23.7 Å². The van der Waals surface area contributed by atoms with Crippen LogP contribution in [0.15, 0.2) is 64.2 Å². The Morgan fingerprint density at radius 3 is 2.59 bits per heavy atom. The molecule has 2 aliphatic heterocycles. The number of aliphatic imine (C=N–C) groups is 2. The van der Waals surface area contributed by atoms with Crippen molar-refractivity contribution in [3.05, 3.63) is 70.4 Å². The lowest BCUT2D eigenvalue weighted by Crippen LogP contribution is -2.49. The van der Waals surface area contributed by atoms with E-state index in [0.29, 0.717) is 22.1 Å². The number of fused-ring (bicyclic) bond motifs is 3. The minimum Gasteiger partial charge on any atom is -0.508 e. The van der Waals surface area contributed by atoms with Crippen molar-refractivity contribution < 1.29 is 14.6 Å². The number of nitrogens with zero attached hydrogens (tertiary/aromatic N) is 3. The number of phenols is 1. The summed E-state index contributed by atoms with van der Waals surface area (Å²) >= 11 is 6.10. The molecule has 2 atom stereocenters. The van der Waals surface area contributed by atoms with Crippen molar-refractivity contribution in [3.63, 3.8) is 0 Å². The van der Waals surface area contributed by atoms with Crippen LogP contribution in [-0.2, 0) is 4.74 Å². The summed E-state index contributed by atoms with van der Waals surface area (Å²) in [6.45, 7) is 7.53. The highest BCUT2D eigenvalue weighted by molar-refractivity contribution is 6.31. The molecule has 4 rings (SSSR count). The Morgan fingerprint density at radius 1 is 1.19 bits per heavy atom. The van der Waals surface area contributed by atoms with Crippen LogP contribution >= 0.6 is 11.6 Å². The predicted molar refractivity (Wildman–Crippen MR) is 127 cm³/mol. The third-order valence-corrected chi connectivity index (χ3v) is 5.35. The number of ether oxygens (including phenoxy) is 1. The number of alkyl carbamates (subject to hydrolysis) is 1. The van der Waals surface area contributed by atoms with Gasteiger partial charge in [-0.05, 0) is 64.1 Å². The molecule has 2 aromatic rings. The smallest absolute Gasteiger partial charge is 0.409 e. The first-order valence-electron chi connectivity index (χ1n) is 10.4. The zero-order valence-electron chi connectivity index (χ0n) is 18.3. The summed E-state index contributed by atoms with van der Waals surface area (Å²) < 4.78 is 5.32. The highest BCUT2D eigenvalue weighted by Gasteiger charge is 2.35. The van der Waals surface area contributed by atoms with Crippen molar-refractivity contribution in [1.29, 1.82) is 0 Å². The van der Waals surface area contributed by atoms with Gasteiger partial charge in [0.1, 0.15) is 5.75 Å². The SMILES string of the molecule is CC1=CC(C)N=C2C(NC(=O)OC(C)C)N=C(c3ccc(Cl)cc3)c3cc(O)ccc3N12. The Labute approximate surface area is 192 Å². The zero-order chi connectivity index (χ0) is 23.0. The first-order chi connectivity index (χ1) is 15.2. The van der Waals surface area contributed by atoms with Gasteiger partial charge in [0, 0.05) is 21.8 Å². The van der Waals surface area contributed by atoms with Crippen LogP contribution in [0, 0.1) is 0 Å². The van der Waals surface area contributed by atoms with Crippen molar-refractivity contribution in [1.82, 2.24) is 5.32 Å². The van der Waals surface area contributed by atoms with E-state index in [-0.39, 0.29) is 17.9 Å². The van der Waals surface area contributed by atoms with E-state index in [0.717, 1.165) is 16.9 Å². The number of amidine groups is 1. The van der Waals surface area contributed by atoms with E-state index < -0.39 is 12.3 Å². The van der Waals surface area contributed by atoms with Gasteiger partial charge < -0.3 is 9.84 Å². The number of phenolic OH excluding ortho intramolecular Hbond substituents is 1. The van der Waals surface area contributed by atoms with Crippen LogP contribution in [0.2, 0.25) is 5.02 Å². The third kappa shape index (κ3) is 4.34. The van der Waals surface area contributed by atoms with Gasteiger partial charge in [-0.2, -0.15) is 0 Å². The molecular weight excluding hydrogens is 428 g/mol. The minimum absolute atomic E-state index is 0.0838. The van der Waals surface area contributed by atoms with Crippen molar-refractivity contribution >= 4 is 34.9 Å². The molecule has 32 heavy (non-hydrogen) atoms. The molecule has 7 nitrogen and oxygen atoms in total. The third-order valence-electron chi connectivity index (χ3n) is 5.09. The van der Waals surface area contributed by atoms with Crippen molar-refractivity contribution in [2.24, 2.45) is 9.98 Å². The van der Waals surface area contributed by atoms with Crippen LogP contribution < -0.4 is 10.2 Å². The van der Waals surface area contributed by atoms with Crippen LogP contribution in [0.5, 0.6) is 5.75 Å². The van der Waals surface area contributed by atoms with E-state index in [1.54, 1.807) is 38.1 Å². The topological polar surface area (TPSA) is 86.5 Å². The molecule has 0 fully saturated rings. The van der Waals surface area contributed by atoms with Crippen LogP contribution in [0.3, 0.4) is 0 Å². The average molecular weight is 453 g/mol. The fourth-order valence-corrected chi connectivity index (χ4v) is 4.00. The lowest BCUT2D eigenvalue weighted by Gasteiger charge is -2.33. The number of hydrogen-bond acceptors (Lipinski definition) is 6. The average Bonchev–Trinajstić information content (AvgIpc) is 2.83. The summed E-state index contributed by atoms with van der Waals surface area (Å²) in [5.41, 5.74) is 3.85. The molecule has 0 aliphatic carbocycles. The van der Waals surface area contributed by atoms with Gasteiger partial charge in [0.25, 0.3) is 0 Å². The Hall–Kier alpha value is -3.32. The number of halogens is 1. The van der Waals surface area contributed by atoms with E-state index in [1.165, 1.54) is 0 Å². The number of nitrogens with one attached hydrogen (secondary N) is 1. The molecule has 8 heteroatoms. The zero-order valence-corrected chi connectivity index (χ0v) is 19.1. The quantitative estimate of drug-likeness (QED) is 0.695.